The van der Waals surface area contributed by atoms with Crippen LogP contribution in [-0.4, -0.2) is 5.11 Å². The molecule has 70 valence electrons. The van der Waals surface area contributed by atoms with Gasteiger partial charge < -0.3 is 5.32 Å². The summed E-state index contributed by atoms with van der Waals surface area (Å²) in [5.41, 5.74) is 6.94. The van der Waals surface area contributed by atoms with Crippen LogP contribution < -0.4 is 22.1 Å². The van der Waals surface area contributed by atoms with Gasteiger partial charge in [-0.25, -0.2) is 0 Å². The van der Waals surface area contributed by atoms with Gasteiger partial charge in [0.15, 0.2) is 5.11 Å². The molecule has 0 spiro atoms. The third-order valence-electron chi connectivity index (χ3n) is 1.50. The molecule has 5 N–H and O–H groups in total. The van der Waals surface area contributed by atoms with E-state index in [4.69, 9.17) is 18.1 Å². The number of nitrogens with one attached hydrogen (secondary N) is 3. The van der Waals surface area contributed by atoms with Gasteiger partial charge in [-0.3, -0.25) is 11.3 Å². The minimum atomic E-state index is 0.436. The van der Waals surface area contributed by atoms with Gasteiger partial charge in [0.25, 0.3) is 0 Å². The molecule has 0 saturated carbocycles. The second kappa shape index (κ2) is 4.76. The summed E-state index contributed by atoms with van der Waals surface area (Å²) in [5.74, 6) is 5.02. The summed E-state index contributed by atoms with van der Waals surface area (Å²) in [7, 11) is 0. The van der Waals surface area contributed by atoms with Crippen molar-refractivity contribution in [3.8, 4) is 0 Å². The fraction of sp³-hybridized carbons (Fsp3) is 0.125. The van der Waals surface area contributed by atoms with Gasteiger partial charge in [0, 0.05) is 5.69 Å². The van der Waals surface area contributed by atoms with Crippen LogP contribution >= 0.6 is 12.2 Å². The highest BCUT2D eigenvalue weighted by molar-refractivity contribution is 7.80. The summed E-state index contributed by atoms with van der Waals surface area (Å²) in [6.07, 6.45) is 0. The Morgan fingerprint density at radius 3 is 2.46 bits per heavy atom. The van der Waals surface area contributed by atoms with Crippen LogP contribution in [-0.2, 0) is 0 Å². The van der Waals surface area contributed by atoms with Crippen molar-refractivity contribution in [2.24, 2.45) is 5.84 Å². The summed E-state index contributed by atoms with van der Waals surface area (Å²) in [5, 5.41) is 3.38. The molecule has 0 aliphatic carbocycles. The van der Waals surface area contributed by atoms with Gasteiger partial charge in [-0.05, 0) is 31.3 Å². The topological polar surface area (TPSA) is 62.1 Å². The molecule has 13 heavy (non-hydrogen) atoms. The summed E-state index contributed by atoms with van der Waals surface area (Å²) < 4.78 is 0. The SMILES string of the molecule is Cc1ccc(NC(=S)NNN)cc1. The molecule has 0 aliphatic rings. The molecule has 4 nitrogen and oxygen atoms in total. The van der Waals surface area contributed by atoms with Crippen molar-refractivity contribution in [2.45, 2.75) is 6.92 Å². The lowest BCUT2D eigenvalue weighted by atomic mass is 10.2. The minimum absolute atomic E-state index is 0.436. The number of hydrogen-bond acceptors (Lipinski definition) is 3. The first-order valence-electron chi connectivity index (χ1n) is 3.81. The van der Waals surface area contributed by atoms with E-state index in [-0.39, 0.29) is 0 Å². The molecule has 0 atom stereocenters. The third kappa shape index (κ3) is 3.37. The molecule has 0 aliphatic heterocycles. The van der Waals surface area contributed by atoms with Crippen molar-refractivity contribution in [2.75, 3.05) is 5.32 Å². The van der Waals surface area contributed by atoms with Gasteiger partial charge in [-0.2, -0.15) is 5.53 Å². The highest BCUT2D eigenvalue weighted by atomic mass is 32.1. The maximum absolute atomic E-state index is 5.02. The van der Waals surface area contributed by atoms with Crippen LogP contribution in [0.2, 0.25) is 0 Å². The van der Waals surface area contributed by atoms with Crippen molar-refractivity contribution in [3.05, 3.63) is 29.8 Å². The largest absolute Gasteiger partial charge is 0.332 e. The Hall–Kier alpha value is -1.17. The standard InChI is InChI=1S/C8H12N4S/c1-6-2-4-7(5-3-6)10-8(13)11-12-9/h2-5,12H,9H2,1H3,(H2,10,11,13). The second-order valence-electron chi connectivity index (χ2n) is 2.59. The Labute approximate surface area is 82.4 Å². The van der Waals surface area contributed by atoms with Crippen LogP contribution in [0.15, 0.2) is 24.3 Å². The molecule has 0 amide bonds. The molecular formula is C8H12N4S. The summed E-state index contributed by atoms with van der Waals surface area (Å²) in [4.78, 5) is 0. The number of thiocarbonyl (C=S) groups is 1. The first-order chi connectivity index (χ1) is 6.22. The third-order valence-corrected chi connectivity index (χ3v) is 1.70. The predicted octanol–water partition coefficient (Wildman–Crippen LogP) is 0.660. The van der Waals surface area contributed by atoms with Crippen LogP contribution in [0.4, 0.5) is 5.69 Å². The van der Waals surface area contributed by atoms with Gasteiger partial charge >= 0.3 is 0 Å². The van der Waals surface area contributed by atoms with Gasteiger partial charge in [0.2, 0.25) is 0 Å². The Bertz CT molecular complexity index is 283. The molecular weight excluding hydrogens is 184 g/mol. The molecule has 1 rings (SSSR count). The normalized spacial score (nSPS) is 9.38. The molecule has 5 heteroatoms. The van der Waals surface area contributed by atoms with E-state index >= 15 is 0 Å². The van der Waals surface area contributed by atoms with Crippen LogP contribution in [0.5, 0.6) is 0 Å². The fourth-order valence-electron chi connectivity index (χ4n) is 0.865. The molecule has 0 aromatic heterocycles. The van der Waals surface area contributed by atoms with Crippen molar-refractivity contribution < 1.29 is 0 Å². The quantitative estimate of drug-likeness (QED) is 0.318. The molecule has 1 aromatic carbocycles. The van der Waals surface area contributed by atoms with E-state index in [2.05, 4.69) is 16.3 Å². The van der Waals surface area contributed by atoms with E-state index in [1.54, 1.807) is 0 Å². The molecule has 0 fully saturated rings. The number of anilines is 1. The van der Waals surface area contributed by atoms with Gasteiger partial charge in [-0.1, -0.05) is 17.7 Å². The molecule has 0 saturated heterocycles. The first kappa shape index (κ1) is 9.91. The number of hydrazine groups is 2. The first-order valence-corrected chi connectivity index (χ1v) is 4.22. The molecule has 0 bridgehead atoms. The van der Waals surface area contributed by atoms with Crippen molar-refractivity contribution >= 4 is 23.0 Å². The highest BCUT2D eigenvalue weighted by Crippen LogP contribution is 2.07. The van der Waals surface area contributed by atoms with Gasteiger partial charge in [-0.15, -0.1) is 0 Å². The lowest BCUT2D eigenvalue weighted by molar-refractivity contribution is 0.702. The number of benzene rings is 1. The highest BCUT2D eigenvalue weighted by Gasteiger charge is 1.94. The van der Waals surface area contributed by atoms with Crippen LogP contribution in [0, 0.1) is 6.92 Å². The summed E-state index contributed by atoms with van der Waals surface area (Å²) in [6.45, 7) is 2.03. The number of aryl methyl sites for hydroxylation is 1. The van der Waals surface area contributed by atoms with Crippen LogP contribution in [0.25, 0.3) is 0 Å². The zero-order valence-electron chi connectivity index (χ0n) is 7.29. The predicted molar refractivity (Wildman–Crippen MR) is 57.9 cm³/mol. The number of hydrogen-bond donors (Lipinski definition) is 4. The Morgan fingerprint density at radius 2 is 1.92 bits per heavy atom. The van der Waals surface area contributed by atoms with Crippen molar-refractivity contribution in [3.63, 3.8) is 0 Å². The number of nitrogens with two attached hydrogens (primary N) is 1. The van der Waals surface area contributed by atoms with Crippen molar-refractivity contribution in [1.29, 1.82) is 0 Å². The summed E-state index contributed by atoms with van der Waals surface area (Å²) >= 11 is 4.90. The van der Waals surface area contributed by atoms with Crippen LogP contribution in [0.1, 0.15) is 5.56 Å². The van der Waals surface area contributed by atoms with E-state index < -0.39 is 0 Å². The smallest absolute Gasteiger partial charge is 0.186 e. The van der Waals surface area contributed by atoms with E-state index in [1.165, 1.54) is 5.56 Å². The van der Waals surface area contributed by atoms with Gasteiger partial charge in [0.1, 0.15) is 0 Å². The van der Waals surface area contributed by atoms with E-state index in [0.717, 1.165) is 5.69 Å². The Kier molecular flexibility index (Phi) is 3.63. The lowest BCUT2D eigenvalue weighted by Crippen LogP contribution is -2.44. The minimum Gasteiger partial charge on any atom is -0.332 e. The number of rotatable bonds is 2. The average molecular weight is 196 g/mol. The van der Waals surface area contributed by atoms with Crippen LogP contribution in [0.3, 0.4) is 0 Å². The van der Waals surface area contributed by atoms with E-state index in [0.29, 0.717) is 5.11 Å². The molecule has 0 radical (unpaired) electrons. The molecule has 1 aromatic rings. The summed E-state index contributed by atoms with van der Waals surface area (Å²) in [6, 6.07) is 7.89. The Morgan fingerprint density at radius 1 is 1.31 bits per heavy atom. The molecule has 0 heterocycles. The van der Waals surface area contributed by atoms with E-state index in [9.17, 15) is 0 Å². The molecule has 0 unspecified atom stereocenters. The second-order valence-corrected chi connectivity index (χ2v) is 3.00. The van der Waals surface area contributed by atoms with Crippen molar-refractivity contribution in [1.82, 2.24) is 11.0 Å². The van der Waals surface area contributed by atoms with Gasteiger partial charge in [0.05, 0.1) is 0 Å². The lowest BCUT2D eigenvalue weighted by Gasteiger charge is -2.08. The fourth-order valence-corrected chi connectivity index (χ4v) is 1.04. The maximum Gasteiger partial charge on any atom is 0.186 e. The van der Waals surface area contributed by atoms with E-state index in [1.807, 2.05) is 31.2 Å². The zero-order chi connectivity index (χ0) is 9.68. The zero-order valence-corrected chi connectivity index (χ0v) is 8.11. The Balaban J connectivity index is 2.54. The monoisotopic (exact) mass is 196 g/mol. The maximum atomic E-state index is 5.02. The average Bonchev–Trinajstić information content (AvgIpc) is 2.09.